The zero-order valence-corrected chi connectivity index (χ0v) is 12.0. The molecule has 2 heteroatoms. The van der Waals surface area contributed by atoms with Crippen molar-refractivity contribution in [2.75, 3.05) is 25.0 Å². The van der Waals surface area contributed by atoms with E-state index < -0.39 is 0 Å². The summed E-state index contributed by atoms with van der Waals surface area (Å²) in [6, 6.07) is 0. The molecule has 0 N–H and O–H groups in total. The predicted octanol–water partition coefficient (Wildman–Crippen LogP) is 4.06. The van der Waals surface area contributed by atoms with Crippen LogP contribution in [0.4, 0.5) is 0 Å². The molecule has 1 heterocycles. The number of likely N-dealkylation sites (tertiary alicyclic amines) is 1. The Labute approximate surface area is 104 Å². The van der Waals surface area contributed by atoms with Gasteiger partial charge in [-0.25, -0.2) is 0 Å². The Morgan fingerprint density at radius 3 is 2.40 bits per heavy atom. The maximum Gasteiger partial charge on any atom is 0.00382 e. The first-order chi connectivity index (χ1) is 7.26. The molecule has 0 aromatic carbocycles. The van der Waals surface area contributed by atoms with Gasteiger partial charge in [0, 0.05) is 11.9 Å². The number of rotatable bonds is 7. The lowest BCUT2D eigenvalue weighted by Crippen LogP contribution is -2.27. The van der Waals surface area contributed by atoms with Crippen molar-refractivity contribution in [2.24, 2.45) is 5.41 Å². The molecular formula is C13H26BrN. The third-order valence-corrected chi connectivity index (χ3v) is 4.69. The molecule has 0 aromatic heterocycles. The monoisotopic (exact) mass is 275 g/mol. The van der Waals surface area contributed by atoms with Gasteiger partial charge >= 0.3 is 0 Å². The second kappa shape index (κ2) is 6.90. The lowest BCUT2D eigenvalue weighted by Gasteiger charge is -2.26. The van der Waals surface area contributed by atoms with Crippen LogP contribution in [0.2, 0.25) is 0 Å². The van der Waals surface area contributed by atoms with E-state index in [1.165, 1.54) is 63.5 Å². The zero-order chi connectivity index (χ0) is 11.1. The minimum Gasteiger partial charge on any atom is -0.303 e. The third-order valence-electron chi connectivity index (χ3n) is 4.13. The van der Waals surface area contributed by atoms with Gasteiger partial charge in [0.15, 0.2) is 0 Å². The first-order valence-electron chi connectivity index (χ1n) is 6.54. The minimum absolute atomic E-state index is 0.662. The van der Waals surface area contributed by atoms with E-state index in [1.807, 2.05) is 0 Å². The van der Waals surface area contributed by atoms with Gasteiger partial charge in [-0.2, -0.15) is 0 Å². The second-order valence-electron chi connectivity index (χ2n) is 4.98. The van der Waals surface area contributed by atoms with Crippen molar-refractivity contribution < 1.29 is 0 Å². The molecule has 1 fully saturated rings. The van der Waals surface area contributed by atoms with Gasteiger partial charge in [0.05, 0.1) is 0 Å². The Kier molecular flexibility index (Phi) is 6.21. The van der Waals surface area contributed by atoms with E-state index in [0.717, 1.165) is 0 Å². The van der Waals surface area contributed by atoms with Crippen LogP contribution < -0.4 is 0 Å². The maximum atomic E-state index is 3.49. The molecule has 0 aromatic rings. The average molecular weight is 276 g/mol. The zero-order valence-electron chi connectivity index (χ0n) is 10.4. The Balaban J connectivity index is 2.18. The Hall–Kier alpha value is 0.440. The summed E-state index contributed by atoms with van der Waals surface area (Å²) in [4.78, 5) is 2.68. The highest BCUT2D eigenvalue weighted by Crippen LogP contribution is 2.36. The number of halogens is 1. The molecule has 90 valence electrons. The van der Waals surface area contributed by atoms with E-state index in [4.69, 9.17) is 0 Å². The van der Waals surface area contributed by atoms with Crippen molar-refractivity contribution >= 4 is 15.9 Å². The van der Waals surface area contributed by atoms with Crippen LogP contribution in [0.5, 0.6) is 0 Å². The number of nitrogens with zero attached hydrogens (tertiary/aromatic N) is 1. The molecule has 1 nitrogen and oxygen atoms in total. The Morgan fingerprint density at radius 2 is 1.87 bits per heavy atom. The van der Waals surface area contributed by atoms with Crippen molar-refractivity contribution in [1.29, 1.82) is 0 Å². The van der Waals surface area contributed by atoms with Gasteiger partial charge in [-0.1, -0.05) is 36.2 Å². The second-order valence-corrected chi connectivity index (χ2v) is 5.78. The molecule has 0 unspecified atom stereocenters. The van der Waals surface area contributed by atoms with Gasteiger partial charge in [-0.05, 0) is 50.6 Å². The molecule has 0 bridgehead atoms. The molecule has 0 radical (unpaired) electrons. The van der Waals surface area contributed by atoms with Crippen LogP contribution in [-0.2, 0) is 0 Å². The van der Waals surface area contributed by atoms with Gasteiger partial charge in [-0.15, -0.1) is 0 Å². The highest BCUT2D eigenvalue weighted by atomic mass is 79.9. The number of hydrogen-bond acceptors (Lipinski definition) is 1. The van der Waals surface area contributed by atoms with Crippen LogP contribution in [0.1, 0.15) is 52.4 Å². The van der Waals surface area contributed by atoms with Crippen LogP contribution in [0, 0.1) is 5.41 Å². The Morgan fingerprint density at radius 1 is 1.13 bits per heavy atom. The molecule has 0 aliphatic carbocycles. The summed E-state index contributed by atoms with van der Waals surface area (Å²) >= 11 is 3.49. The summed E-state index contributed by atoms with van der Waals surface area (Å²) < 4.78 is 0. The molecule has 0 amide bonds. The molecule has 1 aliphatic rings. The molecule has 15 heavy (non-hydrogen) atoms. The number of alkyl halides is 1. The van der Waals surface area contributed by atoms with Crippen molar-refractivity contribution in [3.8, 4) is 0 Å². The van der Waals surface area contributed by atoms with Crippen LogP contribution in [0.3, 0.4) is 0 Å². The van der Waals surface area contributed by atoms with Crippen molar-refractivity contribution in [1.82, 2.24) is 4.90 Å². The molecule has 1 aliphatic heterocycles. The molecule has 1 saturated heterocycles. The van der Waals surface area contributed by atoms with Crippen LogP contribution in [0.25, 0.3) is 0 Å². The lowest BCUT2D eigenvalue weighted by molar-refractivity contribution is 0.238. The molecular weight excluding hydrogens is 250 g/mol. The van der Waals surface area contributed by atoms with E-state index in [1.54, 1.807) is 0 Å². The molecule has 0 saturated carbocycles. The summed E-state index contributed by atoms with van der Waals surface area (Å²) in [5.41, 5.74) is 0.662. The summed E-state index contributed by atoms with van der Waals surface area (Å²) in [7, 11) is 0. The van der Waals surface area contributed by atoms with E-state index in [9.17, 15) is 0 Å². The third kappa shape index (κ3) is 4.07. The molecule has 1 rings (SSSR count). The summed E-state index contributed by atoms with van der Waals surface area (Å²) in [6.45, 7) is 8.74. The van der Waals surface area contributed by atoms with E-state index in [0.29, 0.717) is 5.41 Å². The van der Waals surface area contributed by atoms with Crippen molar-refractivity contribution in [2.45, 2.75) is 52.4 Å². The first kappa shape index (κ1) is 13.5. The largest absolute Gasteiger partial charge is 0.303 e. The number of unbranched alkanes of at least 4 members (excludes halogenated alkanes) is 2. The highest BCUT2D eigenvalue weighted by Gasteiger charge is 2.34. The predicted molar refractivity (Wildman–Crippen MR) is 71.7 cm³/mol. The molecule has 0 spiro atoms. The fraction of sp³-hybridized carbons (Fsp3) is 1.00. The van der Waals surface area contributed by atoms with Gasteiger partial charge in [0.1, 0.15) is 0 Å². The Bertz CT molecular complexity index is 166. The van der Waals surface area contributed by atoms with E-state index >= 15 is 0 Å². The van der Waals surface area contributed by atoms with Crippen molar-refractivity contribution in [3.63, 3.8) is 0 Å². The number of hydrogen-bond donors (Lipinski definition) is 0. The van der Waals surface area contributed by atoms with Crippen molar-refractivity contribution in [3.05, 3.63) is 0 Å². The van der Waals surface area contributed by atoms with Crippen LogP contribution in [-0.4, -0.2) is 29.9 Å². The van der Waals surface area contributed by atoms with E-state index in [-0.39, 0.29) is 0 Å². The summed E-state index contributed by atoms with van der Waals surface area (Å²) in [6.07, 6.45) is 8.25. The standard InChI is InChI=1S/C13H26BrN/c1-3-13(4-2)8-11-15(12-13)10-7-5-6-9-14/h3-12H2,1-2H3. The van der Waals surface area contributed by atoms with Crippen LogP contribution >= 0.6 is 15.9 Å². The van der Waals surface area contributed by atoms with E-state index in [2.05, 4.69) is 34.7 Å². The fourth-order valence-electron chi connectivity index (χ4n) is 2.65. The fourth-order valence-corrected chi connectivity index (χ4v) is 3.05. The topological polar surface area (TPSA) is 3.24 Å². The van der Waals surface area contributed by atoms with Gasteiger partial charge in [0.25, 0.3) is 0 Å². The normalized spacial score (nSPS) is 21.0. The summed E-state index contributed by atoms with van der Waals surface area (Å²) in [5.74, 6) is 0. The van der Waals surface area contributed by atoms with Crippen LogP contribution in [0.15, 0.2) is 0 Å². The average Bonchev–Trinajstić information content (AvgIpc) is 2.69. The quantitative estimate of drug-likeness (QED) is 0.500. The highest BCUT2D eigenvalue weighted by molar-refractivity contribution is 9.09. The smallest absolute Gasteiger partial charge is 0.00382 e. The first-order valence-corrected chi connectivity index (χ1v) is 7.67. The lowest BCUT2D eigenvalue weighted by atomic mass is 9.82. The SMILES string of the molecule is CCC1(CC)CCN(CCCCCBr)C1. The summed E-state index contributed by atoms with van der Waals surface area (Å²) in [5, 5.41) is 1.17. The maximum absolute atomic E-state index is 3.49. The van der Waals surface area contributed by atoms with Gasteiger partial charge in [0.2, 0.25) is 0 Å². The molecule has 0 atom stereocenters. The van der Waals surface area contributed by atoms with Gasteiger partial charge in [-0.3, -0.25) is 0 Å². The minimum atomic E-state index is 0.662. The van der Waals surface area contributed by atoms with Gasteiger partial charge < -0.3 is 4.90 Å².